The van der Waals surface area contributed by atoms with Crippen LogP contribution >= 0.6 is 0 Å². The van der Waals surface area contributed by atoms with Gasteiger partial charge in [0.2, 0.25) is 0 Å². The number of piperidine rings is 1. The second-order valence-electron chi connectivity index (χ2n) is 10.7. The number of benzene rings is 1. The Labute approximate surface area is 234 Å². The summed E-state index contributed by atoms with van der Waals surface area (Å²) in [6.07, 6.45) is 0.0292. The number of fused-ring (bicyclic) bond motifs is 4. The minimum absolute atomic E-state index is 0.105. The molecule has 0 saturated carbocycles. The van der Waals surface area contributed by atoms with Crippen molar-refractivity contribution in [2.45, 2.75) is 50.8 Å². The van der Waals surface area contributed by atoms with Crippen LogP contribution < -0.4 is 19.9 Å². The summed E-state index contributed by atoms with van der Waals surface area (Å²) >= 11 is 0. The molecule has 2 amide bonds. The highest BCUT2D eigenvalue weighted by atomic mass is 19.4. The van der Waals surface area contributed by atoms with Gasteiger partial charge in [0.25, 0.3) is 0 Å². The SMILES string of the molecule is CC1(C)OCC(COc2ccc(NC(=O)N3c4nc(-c5cccc(C(F)(F)F)c5)ncc4N4CCC[C@H]3C4)nc2)O1. The van der Waals surface area contributed by atoms with Gasteiger partial charge in [-0.25, -0.2) is 19.7 Å². The first-order valence-electron chi connectivity index (χ1n) is 13.4. The summed E-state index contributed by atoms with van der Waals surface area (Å²) in [5.41, 5.74) is 0.0758. The van der Waals surface area contributed by atoms with Gasteiger partial charge in [-0.2, -0.15) is 13.2 Å². The van der Waals surface area contributed by atoms with E-state index in [1.54, 1.807) is 23.2 Å². The van der Waals surface area contributed by atoms with Crippen molar-refractivity contribution >= 4 is 23.4 Å². The van der Waals surface area contributed by atoms with E-state index >= 15 is 0 Å². The Hall–Kier alpha value is -3.97. The molecule has 1 aromatic carbocycles. The van der Waals surface area contributed by atoms with Gasteiger partial charge < -0.3 is 19.1 Å². The molecule has 2 saturated heterocycles. The van der Waals surface area contributed by atoms with Gasteiger partial charge in [0.05, 0.1) is 36.3 Å². The molecule has 10 nitrogen and oxygen atoms in total. The third kappa shape index (κ3) is 5.77. The van der Waals surface area contributed by atoms with Crippen molar-refractivity contribution in [2.24, 2.45) is 0 Å². The maximum atomic E-state index is 13.6. The highest BCUT2D eigenvalue weighted by Crippen LogP contribution is 2.39. The number of pyridine rings is 1. The van der Waals surface area contributed by atoms with Crippen molar-refractivity contribution in [3.05, 3.63) is 54.4 Å². The van der Waals surface area contributed by atoms with E-state index in [1.165, 1.54) is 18.3 Å². The van der Waals surface area contributed by atoms with Crippen LogP contribution in [0.3, 0.4) is 0 Å². The molecule has 3 aliphatic heterocycles. The zero-order valence-electron chi connectivity index (χ0n) is 22.5. The van der Waals surface area contributed by atoms with Gasteiger partial charge in [0.15, 0.2) is 17.4 Å². The van der Waals surface area contributed by atoms with Gasteiger partial charge in [-0.1, -0.05) is 12.1 Å². The Balaban J connectivity index is 1.21. The van der Waals surface area contributed by atoms with Crippen molar-refractivity contribution < 1.29 is 32.2 Å². The zero-order valence-corrected chi connectivity index (χ0v) is 22.5. The summed E-state index contributed by atoms with van der Waals surface area (Å²) in [6.45, 7) is 5.81. The zero-order chi connectivity index (χ0) is 28.8. The number of nitrogens with zero attached hydrogens (tertiary/aromatic N) is 5. The first-order valence-corrected chi connectivity index (χ1v) is 13.4. The minimum atomic E-state index is -4.50. The molecule has 0 radical (unpaired) electrons. The second-order valence-corrected chi connectivity index (χ2v) is 10.7. The molecular formula is C28H29F3N6O4. The summed E-state index contributed by atoms with van der Waals surface area (Å²) < 4.78 is 57.0. The average molecular weight is 571 g/mol. The molecule has 0 aliphatic carbocycles. The average Bonchev–Trinajstić information content (AvgIpc) is 3.30. The molecule has 1 N–H and O–H groups in total. The van der Waals surface area contributed by atoms with E-state index in [4.69, 9.17) is 14.2 Å². The first kappa shape index (κ1) is 27.2. The number of carbonyl (C=O) groups excluding carboxylic acids is 1. The number of anilines is 3. The molecule has 0 spiro atoms. The third-order valence-corrected chi connectivity index (χ3v) is 7.22. The maximum Gasteiger partial charge on any atom is 0.416 e. The molecule has 13 heteroatoms. The van der Waals surface area contributed by atoms with Gasteiger partial charge in [-0.15, -0.1) is 0 Å². The van der Waals surface area contributed by atoms with Crippen LogP contribution in [-0.2, 0) is 15.7 Å². The van der Waals surface area contributed by atoms with E-state index < -0.39 is 23.6 Å². The van der Waals surface area contributed by atoms with Crippen molar-refractivity contribution in [3.63, 3.8) is 0 Å². The molecule has 1 unspecified atom stereocenters. The van der Waals surface area contributed by atoms with Crippen molar-refractivity contribution in [2.75, 3.05) is 41.4 Å². The molecule has 41 heavy (non-hydrogen) atoms. The Bertz CT molecular complexity index is 1440. The summed E-state index contributed by atoms with van der Waals surface area (Å²) in [6, 6.07) is 7.57. The van der Waals surface area contributed by atoms with E-state index in [1.807, 2.05) is 13.8 Å². The number of rotatable bonds is 5. The van der Waals surface area contributed by atoms with Crippen LogP contribution in [-0.4, -0.2) is 65.2 Å². The lowest BCUT2D eigenvalue weighted by atomic mass is 10.0. The van der Waals surface area contributed by atoms with Gasteiger partial charge in [0.1, 0.15) is 24.3 Å². The number of alkyl halides is 3. The molecule has 2 fully saturated rings. The second kappa shape index (κ2) is 10.5. The maximum absolute atomic E-state index is 13.6. The number of hydrogen-bond donors (Lipinski definition) is 1. The highest BCUT2D eigenvalue weighted by molar-refractivity contribution is 6.04. The van der Waals surface area contributed by atoms with E-state index in [0.717, 1.165) is 31.5 Å². The Morgan fingerprint density at radius 1 is 1.20 bits per heavy atom. The monoisotopic (exact) mass is 570 g/mol. The van der Waals surface area contributed by atoms with Crippen molar-refractivity contribution in [1.29, 1.82) is 0 Å². The number of urea groups is 1. The fourth-order valence-corrected chi connectivity index (χ4v) is 5.30. The fraction of sp³-hybridized carbons (Fsp3) is 0.429. The number of halogens is 3. The molecule has 3 aromatic rings. The lowest BCUT2D eigenvalue weighted by Gasteiger charge is -2.45. The molecule has 2 aromatic heterocycles. The van der Waals surface area contributed by atoms with Crippen LogP contribution in [0.1, 0.15) is 32.3 Å². The molecular weight excluding hydrogens is 541 g/mol. The van der Waals surface area contributed by atoms with E-state index in [0.29, 0.717) is 42.8 Å². The molecule has 216 valence electrons. The van der Waals surface area contributed by atoms with Gasteiger partial charge in [-0.3, -0.25) is 10.2 Å². The number of amides is 2. The van der Waals surface area contributed by atoms with E-state index in [9.17, 15) is 18.0 Å². The number of hydrogen-bond acceptors (Lipinski definition) is 8. The topological polar surface area (TPSA) is 102 Å². The standard InChI is InChI=1S/C28H29F3N6O4/c1-27(2)40-16-21(41-27)15-39-20-8-9-23(32-12-20)34-26(38)37-19-7-4-10-36(14-19)22-13-33-24(35-25(22)37)17-5-3-6-18(11-17)28(29,30)31/h3,5-6,8-9,11-13,19,21H,4,7,10,14-16H2,1-2H3,(H,32,34,38)/t19-,21?/m0/s1. The summed E-state index contributed by atoms with van der Waals surface area (Å²) in [7, 11) is 0. The fourth-order valence-electron chi connectivity index (χ4n) is 5.30. The Kier molecular flexibility index (Phi) is 6.94. The van der Waals surface area contributed by atoms with Crippen LogP contribution in [0.15, 0.2) is 48.8 Å². The minimum Gasteiger partial charge on any atom is -0.489 e. The number of aromatic nitrogens is 3. The van der Waals surface area contributed by atoms with E-state index in [-0.39, 0.29) is 23.5 Å². The van der Waals surface area contributed by atoms with Crippen LogP contribution in [0.25, 0.3) is 11.4 Å². The summed E-state index contributed by atoms with van der Waals surface area (Å²) in [5.74, 6) is 0.648. The number of nitrogens with one attached hydrogen (secondary N) is 1. The predicted octanol–water partition coefficient (Wildman–Crippen LogP) is 5.11. The Morgan fingerprint density at radius 3 is 2.78 bits per heavy atom. The Morgan fingerprint density at radius 2 is 2.05 bits per heavy atom. The smallest absolute Gasteiger partial charge is 0.416 e. The first-order chi connectivity index (χ1) is 19.6. The van der Waals surface area contributed by atoms with E-state index in [2.05, 4.69) is 25.2 Å². The van der Waals surface area contributed by atoms with Crippen LogP contribution in [0.2, 0.25) is 0 Å². The third-order valence-electron chi connectivity index (χ3n) is 7.22. The number of carbonyl (C=O) groups is 1. The highest BCUT2D eigenvalue weighted by Gasteiger charge is 2.39. The molecule has 3 aliphatic rings. The van der Waals surface area contributed by atoms with Crippen LogP contribution in [0.5, 0.6) is 5.75 Å². The van der Waals surface area contributed by atoms with Crippen molar-refractivity contribution in [1.82, 2.24) is 15.0 Å². The summed E-state index contributed by atoms with van der Waals surface area (Å²) in [4.78, 5) is 30.5. The van der Waals surface area contributed by atoms with Crippen molar-refractivity contribution in [3.8, 4) is 17.1 Å². The lowest BCUT2D eigenvalue weighted by molar-refractivity contribution is -0.141. The largest absolute Gasteiger partial charge is 0.489 e. The van der Waals surface area contributed by atoms with Gasteiger partial charge in [0, 0.05) is 18.7 Å². The molecule has 5 heterocycles. The lowest BCUT2D eigenvalue weighted by Crippen LogP contribution is -2.56. The predicted molar refractivity (Wildman–Crippen MR) is 144 cm³/mol. The van der Waals surface area contributed by atoms with Gasteiger partial charge >= 0.3 is 12.2 Å². The number of ether oxygens (including phenoxy) is 3. The van der Waals surface area contributed by atoms with Crippen LogP contribution in [0.4, 0.5) is 35.3 Å². The van der Waals surface area contributed by atoms with Gasteiger partial charge in [-0.05, 0) is 51.0 Å². The summed E-state index contributed by atoms with van der Waals surface area (Å²) in [5, 5.41) is 2.83. The quantitative estimate of drug-likeness (QED) is 0.452. The molecule has 6 rings (SSSR count). The van der Waals surface area contributed by atoms with Crippen LogP contribution in [0, 0.1) is 0 Å². The molecule has 2 atom stereocenters. The normalized spacial score (nSPS) is 21.4. The molecule has 2 bridgehead atoms.